The molecular weight excluding hydrogens is 501 g/mol. The largest absolute Gasteiger partial charge is 0.490 e. The van der Waals surface area contributed by atoms with Gasteiger partial charge in [-0.15, -0.1) is 0 Å². The van der Waals surface area contributed by atoms with Crippen molar-refractivity contribution in [1.82, 2.24) is 4.90 Å². The van der Waals surface area contributed by atoms with Crippen LogP contribution in [0.4, 0.5) is 0 Å². The third-order valence-electron chi connectivity index (χ3n) is 4.87. The molecule has 0 radical (unpaired) electrons. The molecule has 0 aliphatic rings. The smallest absolute Gasteiger partial charge is 0.336 e. The fourth-order valence-electron chi connectivity index (χ4n) is 3.02. The van der Waals surface area contributed by atoms with Crippen molar-refractivity contribution in [3.05, 3.63) is 63.6 Å². The summed E-state index contributed by atoms with van der Waals surface area (Å²) in [4.78, 5) is 32.6. The van der Waals surface area contributed by atoms with Crippen molar-refractivity contribution in [1.29, 1.82) is 0 Å². The summed E-state index contributed by atoms with van der Waals surface area (Å²) in [6.45, 7) is 3.55. The molecule has 0 aliphatic heterocycles. The van der Waals surface area contributed by atoms with Gasteiger partial charge in [0.05, 0.1) is 17.9 Å². The lowest BCUT2D eigenvalue weighted by molar-refractivity contribution is -0.170. The number of aliphatic carboxylic acids is 3. The van der Waals surface area contributed by atoms with Gasteiger partial charge in [-0.05, 0) is 31.8 Å². The zero-order chi connectivity index (χ0) is 26.8. The minimum Gasteiger partial charge on any atom is -0.490 e. The van der Waals surface area contributed by atoms with E-state index in [9.17, 15) is 14.4 Å². The van der Waals surface area contributed by atoms with E-state index in [1.54, 1.807) is 6.07 Å². The van der Waals surface area contributed by atoms with Crippen LogP contribution >= 0.6 is 23.2 Å². The van der Waals surface area contributed by atoms with Gasteiger partial charge in [0.15, 0.2) is 5.60 Å². The van der Waals surface area contributed by atoms with Crippen molar-refractivity contribution in [2.24, 2.45) is 0 Å². The second-order valence-electron chi connectivity index (χ2n) is 8.07. The van der Waals surface area contributed by atoms with E-state index in [0.717, 1.165) is 17.9 Å². The van der Waals surface area contributed by atoms with Gasteiger partial charge in [-0.3, -0.25) is 9.59 Å². The molecule has 0 bridgehead atoms. The minimum absolute atomic E-state index is 0.159. The number of aliphatic hydroxyl groups is 1. The summed E-state index contributed by atoms with van der Waals surface area (Å²) >= 11 is 12.5. The molecule has 4 N–H and O–H groups in total. The first-order chi connectivity index (χ1) is 16.3. The highest BCUT2D eigenvalue weighted by Crippen LogP contribution is 2.39. The molecule has 35 heavy (non-hydrogen) atoms. The van der Waals surface area contributed by atoms with Crippen LogP contribution in [0.5, 0.6) is 5.75 Å². The Kier molecular flexibility index (Phi) is 12.0. The Morgan fingerprint density at radius 2 is 1.54 bits per heavy atom. The van der Waals surface area contributed by atoms with Crippen LogP contribution in [-0.4, -0.2) is 76.1 Å². The third kappa shape index (κ3) is 10.1. The van der Waals surface area contributed by atoms with Gasteiger partial charge in [-0.1, -0.05) is 60.5 Å². The lowest BCUT2D eigenvalue weighted by Crippen LogP contribution is -2.42. The zero-order valence-electron chi connectivity index (χ0n) is 19.6. The highest BCUT2D eigenvalue weighted by atomic mass is 35.5. The van der Waals surface area contributed by atoms with E-state index >= 15 is 0 Å². The maximum absolute atomic E-state index is 10.3. The molecule has 0 aromatic heterocycles. The Morgan fingerprint density at radius 3 is 2.00 bits per heavy atom. The molecule has 0 aliphatic carbocycles. The second kappa shape index (κ2) is 13.9. The van der Waals surface area contributed by atoms with Gasteiger partial charge in [0.1, 0.15) is 12.4 Å². The normalized spacial score (nSPS) is 11.9. The third-order valence-corrected chi connectivity index (χ3v) is 5.37. The van der Waals surface area contributed by atoms with Crippen LogP contribution in [0.1, 0.15) is 36.8 Å². The quantitative estimate of drug-likeness (QED) is 0.341. The molecule has 0 fully saturated rings. The van der Waals surface area contributed by atoms with E-state index in [1.807, 2.05) is 38.4 Å². The van der Waals surface area contributed by atoms with Gasteiger partial charge in [0, 0.05) is 23.0 Å². The Labute approximate surface area is 213 Å². The lowest BCUT2D eigenvalue weighted by atomic mass is 9.92. The lowest BCUT2D eigenvalue weighted by Gasteiger charge is -2.20. The molecule has 9 nitrogen and oxygen atoms in total. The summed E-state index contributed by atoms with van der Waals surface area (Å²) in [7, 11) is 4.03. The Morgan fingerprint density at radius 1 is 1.00 bits per heavy atom. The number of halogens is 2. The number of carbonyl (C=O) groups is 3. The Balaban J connectivity index is 0.000000405. The fourth-order valence-corrected chi connectivity index (χ4v) is 3.58. The molecule has 2 aromatic carbocycles. The molecule has 1 atom stereocenters. The van der Waals surface area contributed by atoms with Gasteiger partial charge in [0.25, 0.3) is 0 Å². The fraction of sp³-hybridized carbons (Fsp3) is 0.375. The van der Waals surface area contributed by atoms with Crippen molar-refractivity contribution in [3.8, 4) is 5.75 Å². The summed E-state index contributed by atoms with van der Waals surface area (Å²) < 4.78 is 5.94. The highest BCUT2D eigenvalue weighted by Gasteiger charge is 2.40. The zero-order valence-corrected chi connectivity index (χ0v) is 21.1. The minimum atomic E-state index is -2.74. The predicted octanol–water partition coefficient (Wildman–Crippen LogP) is 3.84. The number of nitrogens with zero attached hydrogens (tertiary/aromatic N) is 1. The van der Waals surface area contributed by atoms with E-state index in [1.165, 1.54) is 5.56 Å². The molecule has 11 heteroatoms. The van der Waals surface area contributed by atoms with Crippen molar-refractivity contribution >= 4 is 41.1 Å². The van der Waals surface area contributed by atoms with Gasteiger partial charge in [0.2, 0.25) is 0 Å². The van der Waals surface area contributed by atoms with E-state index in [-0.39, 0.29) is 5.92 Å². The topological polar surface area (TPSA) is 145 Å². The molecule has 0 spiro atoms. The number of hydrogen-bond donors (Lipinski definition) is 4. The number of rotatable bonds is 11. The summed E-state index contributed by atoms with van der Waals surface area (Å²) in [6, 6.07) is 13.9. The first kappa shape index (κ1) is 30.2. The van der Waals surface area contributed by atoms with Crippen molar-refractivity contribution in [2.75, 3.05) is 27.2 Å². The molecule has 2 aromatic rings. The number of likely N-dealkylation sites (N-methyl/N-ethyl adjacent to an activating group) is 1. The maximum atomic E-state index is 10.3. The Bertz CT molecular complexity index is 998. The van der Waals surface area contributed by atoms with Crippen LogP contribution in [-0.2, 0) is 14.4 Å². The van der Waals surface area contributed by atoms with E-state index < -0.39 is 36.4 Å². The molecule has 1 unspecified atom stereocenters. The van der Waals surface area contributed by atoms with Crippen LogP contribution in [0.2, 0.25) is 10.0 Å². The van der Waals surface area contributed by atoms with Crippen LogP contribution in [0, 0.1) is 0 Å². The first-order valence-electron chi connectivity index (χ1n) is 10.5. The SMILES string of the molecule is CC(c1ccccc1)c1cc(Cl)cc(Cl)c1OCCN(C)C.O=C(O)CC(O)(CC(=O)O)C(=O)O. The van der Waals surface area contributed by atoms with Gasteiger partial charge < -0.3 is 30.1 Å². The van der Waals surface area contributed by atoms with E-state index in [4.69, 9.17) is 48.4 Å². The predicted molar refractivity (Wildman–Crippen MR) is 132 cm³/mol. The van der Waals surface area contributed by atoms with Gasteiger partial charge in [-0.25, -0.2) is 4.79 Å². The molecular formula is C24H29Cl2NO8. The standard InChI is InChI=1S/C18H21Cl2NO.C6H8O7/c1-13(14-7-5-4-6-8-14)16-11-15(19)12-17(20)18(16)22-10-9-21(2)3;7-3(8)1-6(13,5(11)12)2-4(9)10/h4-8,11-13H,9-10H2,1-3H3;13H,1-2H2,(H,7,8)(H,9,10)(H,11,12). The number of hydrogen-bond acceptors (Lipinski definition) is 6. The van der Waals surface area contributed by atoms with Crippen LogP contribution in [0.3, 0.4) is 0 Å². The first-order valence-corrected chi connectivity index (χ1v) is 11.2. The number of ether oxygens (including phenoxy) is 1. The molecule has 0 heterocycles. The molecule has 0 saturated carbocycles. The number of carboxylic acid groups (broad SMARTS) is 3. The second-order valence-corrected chi connectivity index (χ2v) is 8.91. The maximum Gasteiger partial charge on any atom is 0.336 e. The van der Waals surface area contributed by atoms with Crippen LogP contribution in [0.25, 0.3) is 0 Å². The molecule has 0 saturated heterocycles. The van der Waals surface area contributed by atoms with Crippen LogP contribution in [0.15, 0.2) is 42.5 Å². The van der Waals surface area contributed by atoms with Crippen LogP contribution < -0.4 is 4.74 Å². The van der Waals surface area contributed by atoms with E-state index in [0.29, 0.717) is 16.7 Å². The summed E-state index contributed by atoms with van der Waals surface area (Å²) in [5.74, 6) is -4.13. The number of carboxylic acids is 3. The average Bonchev–Trinajstić information content (AvgIpc) is 2.74. The molecule has 2 rings (SSSR count). The van der Waals surface area contributed by atoms with Gasteiger partial charge >= 0.3 is 17.9 Å². The van der Waals surface area contributed by atoms with E-state index in [2.05, 4.69) is 24.0 Å². The molecule has 0 amide bonds. The van der Waals surface area contributed by atoms with Crippen molar-refractivity contribution < 1.29 is 39.5 Å². The van der Waals surface area contributed by atoms with Crippen molar-refractivity contribution in [3.63, 3.8) is 0 Å². The van der Waals surface area contributed by atoms with Crippen molar-refractivity contribution in [2.45, 2.75) is 31.3 Å². The number of benzene rings is 2. The highest BCUT2D eigenvalue weighted by molar-refractivity contribution is 6.35. The summed E-state index contributed by atoms with van der Waals surface area (Å²) in [5.41, 5.74) is -0.516. The summed E-state index contributed by atoms with van der Waals surface area (Å²) in [6.07, 6.45) is -2.29. The monoisotopic (exact) mass is 529 g/mol. The van der Waals surface area contributed by atoms with Gasteiger partial charge in [-0.2, -0.15) is 0 Å². The molecule has 192 valence electrons. The summed E-state index contributed by atoms with van der Waals surface area (Å²) in [5, 5.41) is 35.0. The average molecular weight is 530 g/mol. The Hall–Kier alpha value is -2.85.